The highest BCUT2D eigenvalue weighted by Gasteiger charge is 2.10. The second-order valence-corrected chi connectivity index (χ2v) is 7.05. The van der Waals surface area contributed by atoms with Crippen molar-refractivity contribution in [2.24, 2.45) is 4.99 Å². The third-order valence-electron chi connectivity index (χ3n) is 4.98. The lowest BCUT2D eigenvalue weighted by Gasteiger charge is -2.26. The maximum absolute atomic E-state index is 5.92. The van der Waals surface area contributed by atoms with Gasteiger partial charge in [0.2, 0.25) is 0 Å². The Bertz CT molecular complexity index is 752. The maximum Gasteiger partial charge on any atom is 0.191 e. The van der Waals surface area contributed by atoms with Gasteiger partial charge in [-0.25, -0.2) is 0 Å². The zero-order valence-electron chi connectivity index (χ0n) is 17.7. The van der Waals surface area contributed by atoms with Crippen molar-refractivity contribution in [3.05, 3.63) is 71.3 Å². The Morgan fingerprint density at radius 2 is 1.67 bits per heavy atom. The standard InChI is InChI=1S/C23H32N4O2.HI/c1-24-23(25-11-12-27-13-15-28-16-14-27)26-17-21-9-5-6-10-22(21)19-29-18-20-7-3-2-4-8-20;/h2-10H,11-19H2,1H3,(H2,24,25,26);1H. The Balaban J connectivity index is 0.00000320. The molecular weight excluding hydrogens is 491 g/mol. The molecule has 6 nitrogen and oxygen atoms in total. The minimum atomic E-state index is 0. The molecule has 1 heterocycles. The van der Waals surface area contributed by atoms with Crippen LogP contribution in [-0.2, 0) is 29.2 Å². The van der Waals surface area contributed by atoms with Crippen LogP contribution in [0.5, 0.6) is 0 Å². The molecule has 1 saturated heterocycles. The van der Waals surface area contributed by atoms with Crippen LogP contribution in [0, 0.1) is 0 Å². The molecule has 0 aliphatic carbocycles. The van der Waals surface area contributed by atoms with E-state index in [2.05, 4.69) is 56.9 Å². The van der Waals surface area contributed by atoms with Crippen molar-refractivity contribution < 1.29 is 9.47 Å². The topological polar surface area (TPSA) is 58.1 Å². The fraction of sp³-hybridized carbons (Fsp3) is 0.435. The van der Waals surface area contributed by atoms with Gasteiger partial charge in [-0.05, 0) is 16.7 Å². The van der Waals surface area contributed by atoms with Crippen molar-refractivity contribution >= 4 is 29.9 Å². The van der Waals surface area contributed by atoms with Crippen LogP contribution in [0.2, 0.25) is 0 Å². The van der Waals surface area contributed by atoms with Gasteiger partial charge in [0.15, 0.2) is 5.96 Å². The Morgan fingerprint density at radius 1 is 0.967 bits per heavy atom. The molecule has 0 saturated carbocycles. The first-order valence-electron chi connectivity index (χ1n) is 10.3. The highest BCUT2D eigenvalue weighted by Crippen LogP contribution is 2.11. The van der Waals surface area contributed by atoms with Crippen LogP contribution in [0.1, 0.15) is 16.7 Å². The van der Waals surface area contributed by atoms with Gasteiger partial charge in [-0.2, -0.15) is 0 Å². The lowest BCUT2D eigenvalue weighted by molar-refractivity contribution is 0.0389. The lowest BCUT2D eigenvalue weighted by Crippen LogP contribution is -2.44. The average molecular weight is 524 g/mol. The number of halogens is 1. The molecule has 0 unspecified atom stereocenters. The number of aliphatic imine (C=N–C) groups is 1. The zero-order valence-corrected chi connectivity index (χ0v) is 20.0. The minimum Gasteiger partial charge on any atom is -0.379 e. The first-order valence-corrected chi connectivity index (χ1v) is 10.3. The van der Waals surface area contributed by atoms with E-state index in [1.165, 1.54) is 16.7 Å². The van der Waals surface area contributed by atoms with Gasteiger partial charge in [0, 0.05) is 39.8 Å². The van der Waals surface area contributed by atoms with E-state index in [1.807, 2.05) is 18.2 Å². The van der Waals surface area contributed by atoms with Crippen LogP contribution < -0.4 is 10.6 Å². The molecule has 30 heavy (non-hydrogen) atoms. The van der Waals surface area contributed by atoms with E-state index in [1.54, 1.807) is 7.05 Å². The number of morpholine rings is 1. The summed E-state index contributed by atoms with van der Waals surface area (Å²) in [5.41, 5.74) is 3.60. The quantitative estimate of drug-likeness (QED) is 0.300. The third kappa shape index (κ3) is 8.59. The SMILES string of the molecule is CN=C(NCCN1CCOCC1)NCc1ccccc1COCc1ccccc1.I. The number of hydrogen-bond donors (Lipinski definition) is 2. The van der Waals surface area contributed by atoms with Crippen LogP contribution in [0.15, 0.2) is 59.6 Å². The number of ether oxygens (including phenoxy) is 2. The fourth-order valence-electron chi connectivity index (χ4n) is 3.28. The first-order chi connectivity index (χ1) is 14.3. The van der Waals surface area contributed by atoms with Crippen LogP contribution in [0.25, 0.3) is 0 Å². The Labute approximate surface area is 197 Å². The van der Waals surface area contributed by atoms with Gasteiger partial charge in [-0.15, -0.1) is 24.0 Å². The predicted molar refractivity (Wildman–Crippen MR) is 132 cm³/mol. The van der Waals surface area contributed by atoms with Gasteiger partial charge in [0.1, 0.15) is 0 Å². The van der Waals surface area contributed by atoms with Gasteiger partial charge in [-0.3, -0.25) is 9.89 Å². The van der Waals surface area contributed by atoms with E-state index in [0.717, 1.165) is 45.4 Å². The van der Waals surface area contributed by atoms with E-state index < -0.39 is 0 Å². The predicted octanol–water partition coefficient (Wildman–Crippen LogP) is 3.02. The summed E-state index contributed by atoms with van der Waals surface area (Å²) in [6.07, 6.45) is 0. The molecular formula is C23H33IN4O2. The average Bonchev–Trinajstić information content (AvgIpc) is 2.78. The summed E-state index contributed by atoms with van der Waals surface area (Å²) in [6, 6.07) is 18.6. The molecule has 0 bridgehead atoms. The third-order valence-corrected chi connectivity index (χ3v) is 4.98. The second kappa shape index (κ2) is 14.3. The van der Waals surface area contributed by atoms with E-state index in [-0.39, 0.29) is 24.0 Å². The summed E-state index contributed by atoms with van der Waals surface area (Å²) in [7, 11) is 1.80. The summed E-state index contributed by atoms with van der Waals surface area (Å²) in [6.45, 7) is 7.45. The smallest absolute Gasteiger partial charge is 0.191 e. The van der Waals surface area contributed by atoms with E-state index in [0.29, 0.717) is 19.8 Å². The van der Waals surface area contributed by atoms with Crippen molar-refractivity contribution in [2.75, 3.05) is 46.4 Å². The minimum absolute atomic E-state index is 0. The Kier molecular flexibility index (Phi) is 11.8. The van der Waals surface area contributed by atoms with Crippen molar-refractivity contribution in [1.29, 1.82) is 0 Å². The van der Waals surface area contributed by atoms with Crippen LogP contribution in [0.3, 0.4) is 0 Å². The summed E-state index contributed by atoms with van der Waals surface area (Å²) < 4.78 is 11.3. The molecule has 0 aromatic heterocycles. The monoisotopic (exact) mass is 524 g/mol. The maximum atomic E-state index is 5.92. The molecule has 0 radical (unpaired) electrons. The van der Waals surface area contributed by atoms with Crippen molar-refractivity contribution in [2.45, 2.75) is 19.8 Å². The number of hydrogen-bond acceptors (Lipinski definition) is 4. The summed E-state index contributed by atoms with van der Waals surface area (Å²) in [5, 5.41) is 6.81. The van der Waals surface area contributed by atoms with Gasteiger partial charge in [0.05, 0.1) is 26.4 Å². The summed E-state index contributed by atoms with van der Waals surface area (Å²) >= 11 is 0. The van der Waals surface area contributed by atoms with Crippen molar-refractivity contribution in [1.82, 2.24) is 15.5 Å². The molecule has 0 atom stereocenters. The van der Waals surface area contributed by atoms with E-state index in [9.17, 15) is 0 Å². The Hall–Kier alpha value is -1.68. The molecule has 164 valence electrons. The van der Waals surface area contributed by atoms with Gasteiger partial charge >= 0.3 is 0 Å². The number of benzene rings is 2. The zero-order chi connectivity index (χ0) is 20.2. The molecule has 0 amide bonds. The molecule has 1 fully saturated rings. The highest BCUT2D eigenvalue weighted by molar-refractivity contribution is 14.0. The van der Waals surface area contributed by atoms with Crippen molar-refractivity contribution in [3.63, 3.8) is 0 Å². The lowest BCUT2D eigenvalue weighted by atomic mass is 10.1. The number of rotatable bonds is 9. The number of nitrogens with zero attached hydrogens (tertiary/aromatic N) is 2. The molecule has 1 aliphatic heterocycles. The number of nitrogens with one attached hydrogen (secondary N) is 2. The largest absolute Gasteiger partial charge is 0.379 e. The molecule has 2 aromatic carbocycles. The highest BCUT2D eigenvalue weighted by atomic mass is 127. The van der Waals surface area contributed by atoms with Crippen LogP contribution in [-0.4, -0.2) is 57.3 Å². The van der Waals surface area contributed by atoms with Gasteiger partial charge in [-0.1, -0.05) is 54.6 Å². The van der Waals surface area contributed by atoms with Crippen LogP contribution in [0.4, 0.5) is 0 Å². The molecule has 1 aliphatic rings. The van der Waals surface area contributed by atoms with Gasteiger partial charge < -0.3 is 20.1 Å². The normalized spacial score (nSPS) is 14.8. The fourth-order valence-corrected chi connectivity index (χ4v) is 3.28. The van der Waals surface area contributed by atoms with E-state index >= 15 is 0 Å². The Morgan fingerprint density at radius 3 is 2.40 bits per heavy atom. The molecule has 3 rings (SSSR count). The van der Waals surface area contributed by atoms with E-state index in [4.69, 9.17) is 9.47 Å². The summed E-state index contributed by atoms with van der Waals surface area (Å²) in [5.74, 6) is 0.818. The molecule has 2 aromatic rings. The number of guanidine groups is 1. The van der Waals surface area contributed by atoms with Gasteiger partial charge in [0.25, 0.3) is 0 Å². The van der Waals surface area contributed by atoms with Crippen molar-refractivity contribution in [3.8, 4) is 0 Å². The second-order valence-electron chi connectivity index (χ2n) is 7.05. The summed E-state index contributed by atoms with van der Waals surface area (Å²) in [4.78, 5) is 6.74. The molecule has 2 N–H and O–H groups in total. The first kappa shape index (κ1) is 24.6. The van der Waals surface area contributed by atoms with Crippen LogP contribution >= 0.6 is 24.0 Å². The molecule has 0 spiro atoms. The molecule has 7 heteroatoms.